The van der Waals surface area contributed by atoms with E-state index < -0.39 is 0 Å². The van der Waals surface area contributed by atoms with Crippen LogP contribution < -0.4 is 5.32 Å². The highest BCUT2D eigenvalue weighted by molar-refractivity contribution is 4.87. The summed E-state index contributed by atoms with van der Waals surface area (Å²) < 4.78 is 10.3. The molecule has 2 fully saturated rings. The lowest BCUT2D eigenvalue weighted by Crippen LogP contribution is -2.43. The van der Waals surface area contributed by atoms with Gasteiger partial charge in [0.25, 0.3) is 0 Å². The van der Waals surface area contributed by atoms with Crippen LogP contribution in [0.25, 0.3) is 0 Å². The second-order valence-electron chi connectivity index (χ2n) is 6.12. The maximum Gasteiger partial charge on any atom is 0.0900 e. The van der Waals surface area contributed by atoms with Crippen LogP contribution in [0.2, 0.25) is 0 Å². The molecule has 1 saturated heterocycles. The smallest absolute Gasteiger partial charge is 0.0900 e. The zero-order chi connectivity index (χ0) is 14.2. The molecule has 0 aromatic heterocycles. The maximum atomic E-state index is 10.1. The van der Waals surface area contributed by atoms with Crippen LogP contribution in [0, 0.1) is 5.92 Å². The molecule has 0 radical (unpaired) electrons. The van der Waals surface area contributed by atoms with Crippen molar-refractivity contribution in [2.24, 2.45) is 5.92 Å². The minimum absolute atomic E-state index is 0.385. The van der Waals surface area contributed by atoms with Gasteiger partial charge in [-0.25, -0.2) is 0 Å². The highest BCUT2D eigenvalue weighted by Gasteiger charge is 2.32. The largest absolute Gasteiger partial charge is 0.389 e. The fourth-order valence-electron chi connectivity index (χ4n) is 2.91. The predicted octanol–water partition coefficient (Wildman–Crippen LogP) is 0.474. The van der Waals surface area contributed by atoms with Crippen molar-refractivity contribution in [1.29, 1.82) is 0 Å². The Balaban J connectivity index is 1.65. The van der Waals surface area contributed by atoms with Gasteiger partial charge in [0.1, 0.15) is 0 Å². The van der Waals surface area contributed by atoms with Gasteiger partial charge in [-0.3, -0.25) is 4.90 Å². The summed E-state index contributed by atoms with van der Waals surface area (Å²) in [5.41, 5.74) is 0. The summed E-state index contributed by atoms with van der Waals surface area (Å²) in [4.78, 5) is 2.47. The third-order valence-electron chi connectivity index (χ3n) is 4.14. The molecule has 20 heavy (non-hydrogen) atoms. The van der Waals surface area contributed by atoms with Crippen molar-refractivity contribution in [2.75, 3.05) is 53.1 Å². The molecule has 0 aromatic rings. The third-order valence-corrected chi connectivity index (χ3v) is 4.14. The van der Waals surface area contributed by atoms with Gasteiger partial charge < -0.3 is 19.9 Å². The molecular formula is C15H30N2O3. The molecule has 2 N–H and O–H groups in total. The standard InChI is InChI=1S/C15H30N2O3/c1-19-7-8-20-12-15(18)11-17(14-4-5-14)10-13-3-2-6-16-9-13/h13-16,18H,2-12H2,1H3. The molecule has 1 saturated carbocycles. The minimum Gasteiger partial charge on any atom is -0.389 e. The normalized spacial score (nSPS) is 25.1. The van der Waals surface area contributed by atoms with Crippen molar-refractivity contribution in [3.63, 3.8) is 0 Å². The summed E-state index contributed by atoms with van der Waals surface area (Å²) in [6.07, 6.45) is 4.79. The predicted molar refractivity (Wildman–Crippen MR) is 78.9 cm³/mol. The summed E-state index contributed by atoms with van der Waals surface area (Å²) in [6.45, 7) is 5.71. The lowest BCUT2D eigenvalue weighted by atomic mass is 9.99. The number of nitrogens with one attached hydrogen (secondary N) is 1. The second-order valence-corrected chi connectivity index (χ2v) is 6.12. The number of aliphatic hydroxyl groups is 1. The molecule has 5 heteroatoms. The molecule has 2 atom stereocenters. The van der Waals surface area contributed by atoms with Gasteiger partial charge in [-0.2, -0.15) is 0 Å². The molecule has 2 aliphatic rings. The van der Waals surface area contributed by atoms with Gasteiger partial charge in [0, 0.05) is 26.2 Å². The molecule has 0 bridgehead atoms. The van der Waals surface area contributed by atoms with Gasteiger partial charge in [0.15, 0.2) is 0 Å². The van der Waals surface area contributed by atoms with Crippen LogP contribution in [0.4, 0.5) is 0 Å². The Morgan fingerprint density at radius 1 is 1.30 bits per heavy atom. The van der Waals surface area contributed by atoms with Crippen molar-refractivity contribution >= 4 is 0 Å². The van der Waals surface area contributed by atoms with Crippen LogP contribution in [-0.4, -0.2) is 75.3 Å². The van der Waals surface area contributed by atoms with Gasteiger partial charge in [-0.05, 0) is 44.7 Å². The van der Waals surface area contributed by atoms with Crippen LogP contribution in [0.1, 0.15) is 25.7 Å². The fraction of sp³-hybridized carbons (Fsp3) is 1.00. The molecule has 2 unspecified atom stereocenters. The van der Waals surface area contributed by atoms with E-state index in [1.165, 1.54) is 25.7 Å². The Hall–Kier alpha value is -0.200. The van der Waals surface area contributed by atoms with Crippen molar-refractivity contribution in [3.8, 4) is 0 Å². The first-order valence-electron chi connectivity index (χ1n) is 7.99. The van der Waals surface area contributed by atoms with E-state index in [1.54, 1.807) is 7.11 Å². The molecule has 0 aromatic carbocycles. The number of methoxy groups -OCH3 is 1. The van der Waals surface area contributed by atoms with Crippen molar-refractivity contribution < 1.29 is 14.6 Å². The summed E-state index contributed by atoms with van der Waals surface area (Å²) >= 11 is 0. The highest BCUT2D eigenvalue weighted by Crippen LogP contribution is 2.28. The summed E-state index contributed by atoms with van der Waals surface area (Å²) in [6, 6.07) is 0.700. The Morgan fingerprint density at radius 2 is 2.15 bits per heavy atom. The summed E-state index contributed by atoms with van der Waals surface area (Å²) in [7, 11) is 1.66. The van der Waals surface area contributed by atoms with E-state index in [-0.39, 0.29) is 6.10 Å². The van der Waals surface area contributed by atoms with E-state index in [9.17, 15) is 5.11 Å². The Bertz CT molecular complexity index is 256. The van der Waals surface area contributed by atoms with Gasteiger partial charge in [0.2, 0.25) is 0 Å². The number of hydrogen-bond acceptors (Lipinski definition) is 5. The van der Waals surface area contributed by atoms with Crippen molar-refractivity contribution in [1.82, 2.24) is 10.2 Å². The molecule has 1 aliphatic heterocycles. The van der Waals surface area contributed by atoms with Gasteiger partial charge in [0.05, 0.1) is 25.9 Å². The van der Waals surface area contributed by atoms with Crippen LogP contribution in [0.5, 0.6) is 0 Å². The molecule has 118 valence electrons. The van der Waals surface area contributed by atoms with Crippen molar-refractivity contribution in [2.45, 2.75) is 37.8 Å². The third kappa shape index (κ3) is 6.06. The first-order valence-corrected chi connectivity index (χ1v) is 7.99. The Morgan fingerprint density at radius 3 is 2.80 bits per heavy atom. The average Bonchev–Trinajstić information content (AvgIpc) is 3.29. The first-order chi connectivity index (χ1) is 9.79. The maximum absolute atomic E-state index is 10.1. The van der Waals surface area contributed by atoms with E-state index in [1.807, 2.05) is 0 Å². The summed E-state index contributed by atoms with van der Waals surface area (Å²) in [5, 5.41) is 13.6. The second kappa shape index (κ2) is 8.95. The monoisotopic (exact) mass is 286 g/mol. The van der Waals surface area contributed by atoms with Crippen molar-refractivity contribution in [3.05, 3.63) is 0 Å². The molecule has 0 amide bonds. The molecule has 1 heterocycles. The van der Waals surface area contributed by atoms with Gasteiger partial charge >= 0.3 is 0 Å². The number of hydrogen-bond donors (Lipinski definition) is 2. The zero-order valence-electron chi connectivity index (χ0n) is 12.7. The lowest BCUT2D eigenvalue weighted by molar-refractivity contribution is -0.00398. The van der Waals surface area contributed by atoms with Crippen LogP contribution >= 0.6 is 0 Å². The van der Waals surface area contributed by atoms with E-state index in [0.29, 0.717) is 25.9 Å². The fourth-order valence-corrected chi connectivity index (χ4v) is 2.91. The van der Waals surface area contributed by atoms with E-state index in [2.05, 4.69) is 10.2 Å². The number of rotatable bonds is 10. The molecule has 2 rings (SSSR count). The number of nitrogens with zero attached hydrogens (tertiary/aromatic N) is 1. The molecular weight excluding hydrogens is 256 g/mol. The molecule has 1 aliphatic carbocycles. The SMILES string of the molecule is COCCOCC(O)CN(CC1CCCNC1)C1CC1. The lowest BCUT2D eigenvalue weighted by Gasteiger charge is -2.31. The van der Waals surface area contributed by atoms with Crippen LogP contribution in [0.15, 0.2) is 0 Å². The zero-order valence-corrected chi connectivity index (χ0v) is 12.7. The topological polar surface area (TPSA) is 54.0 Å². The molecule has 0 spiro atoms. The Labute approximate surface area is 122 Å². The van der Waals surface area contributed by atoms with Crippen LogP contribution in [-0.2, 0) is 9.47 Å². The quantitative estimate of drug-likeness (QED) is 0.572. The average molecular weight is 286 g/mol. The van der Waals surface area contributed by atoms with Gasteiger partial charge in [-0.1, -0.05) is 0 Å². The number of aliphatic hydroxyl groups excluding tert-OH is 1. The highest BCUT2D eigenvalue weighted by atomic mass is 16.5. The Kier molecular flexibility index (Phi) is 7.24. The first kappa shape index (κ1) is 16.2. The molecule has 5 nitrogen and oxygen atoms in total. The summed E-state index contributed by atoms with van der Waals surface area (Å²) in [5.74, 6) is 0.742. The van der Waals surface area contributed by atoms with E-state index in [4.69, 9.17) is 9.47 Å². The van der Waals surface area contributed by atoms with E-state index >= 15 is 0 Å². The van der Waals surface area contributed by atoms with Gasteiger partial charge in [-0.15, -0.1) is 0 Å². The van der Waals surface area contributed by atoms with Crippen LogP contribution in [0.3, 0.4) is 0 Å². The number of piperidine rings is 1. The minimum atomic E-state index is -0.385. The number of ether oxygens (including phenoxy) is 2. The van der Waals surface area contributed by atoms with E-state index in [0.717, 1.165) is 32.1 Å².